The minimum atomic E-state index is -0.428. The summed E-state index contributed by atoms with van der Waals surface area (Å²) < 4.78 is 11.4. The zero-order valence-corrected chi connectivity index (χ0v) is 24.7. The van der Waals surface area contributed by atoms with Crippen LogP contribution in [0.3, 0.4) is 0 Å². The summed E-state index contributed by atoms with van der Waals surface area (Å²) in [6, 6.07) is 10.3. The molecule has 0 spiro atoms. The molecule has 0 aromatic heterocycles. The van der Waals surface area contributed by atoms with Crippen molar-refractivity contribution in [2.75, 3.05) is 50.5 Å². The van der Waals surface area contributed by atoms with Crippen molar-refractivity contribution in [1.82, 2.24) is 10.2 Å². The van der Waals surface area contributed by atoms with Gasteiger partial charge in [0.05, 0.1) is 23.9 Å². The fraction of sp³-hybridized carbons (Fsp3) is 0.344. The fourth-order valence-electron chi connectivity index (χ4n) is 5.20. The van der Waals surface area contributed by atoms with Crippen LogP contribution in [0.2, 0.25) is 0 Å². The minimum absolute atomic E-state index is 0.102. The molecule has 1 unspecified atom stereocenters. The lowest BCUT2D eigenvalue weighted by molar-refractivity contribution is -0.115. The lowest BCUT2D eigenvalue weighted by Gasteiger charge is -2.30. The van der Waals surface area contributed by atoms with E-state index in [1.807, 2.05) is 25.0 Å². The number of nitrogens with zero attached hydrogens (tertiary/aromatic N) is 4. The number of hydrogen-bond acceptors (Lipinski definition) is 8. The van der Waals surface area contributed by atoms with E-state index in [0.717, 1.165) is 23.6 Å². The van der Waals surface area contributed by atoms with E-state index in [0.29, 0.717) is 53.6 Å². The highest BCUT2D eigenvalue weighted by molar-refractivity contribution is 6.06. The van der Waals surface area contributed by atoms with Crippen LogP contribution in [0.1, 0.15) is 37.0 Å². The number of aliphatic imine (C=N–C) groups is 1. The number of carbonyl (C=O) groups excluding carboxylic acids is 2. The maximum Gasteiger partial charge on any atom is 0.256 e. The van der Waals surface area contributed by atoms with Gasteiger partial charge in [0.15, 0.2) is 6.73 Å². The number of likely N-dealkylation sites (N-methyl/N-ethyl adjacent to an activating group) is 2. The first kappa shape index (κ1) is 30.5. The highest BCUT2D eigenvalue weighted by Gasteiger charge is 2.41. The first-order valence-corrected chi connectivity index (χ1v) is 14.0. The van der Waals surface area contributed by atoms with Crippen molar-refractivity contribution in [3.05, 3.63) is 78.4 Å². The summed E-state index contributed by atoms with van der Waals surface area (Å²) in [5, 5.41) is 14.9. The largest absolute Gasteiger partial charge is 0.494 e. The van der Waals surface area contributed by atoms with Gasteiger partial charge >= 0.3 is 0 Å². The first-order chi connectivity index (χ1) is 20.3. The van der Waals surface area contributed by atoms with Crippen molar-refractivity contribution >= 4 is 35.1 Å². The molecule has 2 N–H and O–H groups in total. The molecule has 2 aromatic rings. The van der Waals surface area contributed by atoms with Gasteiger partial charge in [-0.1, -0.05) is 30.9 Å². The van der Waals surface area contributed by atoms with E-state index in [1.54, 1.807) is 72.6 Å². The van der Waals surface area contributed by atoms with Crippen LogP contribution in [0.15, 0.2) is 77.8 Å². The van der Waals surface area contributed by atoms with Crippen LogP contribution < -0.4 is 24.8 Å². The van der Waals surface area contributed by atoms with Crippen LogP contribution in [0.5, 0.6) is 11.5 Å². The Hall–Kier alpha value is -4.41. The third kappa shape index (κ3) is 6.40. The molecule has 1 fully saturated rings. The number of benzene rings is 2. The molecule has 0 saturated carbocycles. The van der Waals surface area contributed by atoms with E-state index in [4.69, 9.17) is 9.47 Å². The second kappa shape index (κ2) is 13.5. The molecule has 0 bridgehead atoms. The number of carbonyl (C=O) groups is 2. The molecular formula is C32H39N5O5. The maximum absolute atomic E-state index is 13.3. The zero-order valence-electron chi connectivity index (χ0n) is 24.7. The highest BCUT2D eigenvalue weighted by atomic mass is 16.6. The number of methoxy groups -OCH3 is 1. The summed E-state index contributed by atoms with van der Waals surface area (Å²) in [6.07, 6.45) is 10.6. The monoisotopic (exact) mass is 573 g/mol. The van der Waals surface area contributed by atoms with E-state index in [-0.39, 0.29) is 18.5 Å². The van der Waals surface area contributed by atoms with E-state index >= 15 is 0 Å². The second-order valence-electron chi connectivity index (χ2n) is 10.3. The number of allylic oxidation sites excluding steroid dienone is 4. The predicted octanol–water partition coefficient (Wildman–Crippen LogP) is 4.88. The number of anilines is 2. The Balaban J connectivity index is 1.48. The molecule has 4 rings (SSSR count). The van der Waals surface area contributed by atoms with Gasteiger partial charge in [-0.2, -0.15) is 0 Å². The molecule has 2 amide bonds. The average Bonchev–Trinajstić information content (AvgIpc) is 3.35. The molecule has 1 saturated heterocycles. The zero-order chi connectivity index (χ0) is 30.3. The number of amides is 2. The molecule has 0 aliphatic carbocycles. The van der Waals surface area contributed by atoms with Gasteiger partial charge in [-0.3, -0.25) is 19.8 Å². The number of rotatable bonds is 12. The Bertz CT molecular complexity index is 1400. The topological polar surface area (TPSA) is 107 Å². The summed E-state index contributed by atoms with van der Waals surface area (Å²) in [6.45, 7) is 8.96. The SMILES string of the molecule is C=C/C=C\C=C(/CNC)C(=O)N(CC)c1ccc(OCN(O)c2cc3c(cc2OC)C(=O)N2CCCC2(C)C=N3)cc1. The van der Waals surface area contributed by atoms with Crippen molar-refractivity contribution in [3.8, 4) is 11.5 Å². The number of hydroxylamine groups is 1. The van der Waals surface area contributed by atoms with Crippen LogP contribution in [-0.4, -0.2) is 74.2 Å². The van der Waals surface area contributed by atoms with Gasteiger partial charge in [-0.15, -0.1) is 0 Å². The normalized spacial score (nSPS) is 18.0. The van der Waals surface area contributed by atoms with Crippen molar-refractivity contribution in [2.45, 2.75) is 32.2 Å². The molecular weight excluding hydrogens is 534 g/mol. The molecule has 2 heterocycles. The van der Waals surface area contributed by atoms with Crippen LogP contribution in [0.25, 0.3) is 0 Å². The summed E-state index contributed by atoms with van der Waals surface area (Å²) >= 11 is 0. The number of nitrogens with one attached hydrogen (secondary N) is 1. The number of ether oxygens (including phenoxy) is 2. The van der Waals surface area contributed by atoms with Gasteiger partial charge in [0.2, 0.25) is 0 Å². The second-order valence-corrected chi connectivity index (χ2v) is 10.3. The molecule has 2 aliphatic rings. The van der Waals surface area contributed by atoms with Gasteiger partial charge in [-0.25, -0.2) is 5.06 Å². The lowest BCUT2D eigenvalue weighted by atomic mass is 10.0. The maximum atomic E-state index is 13.3. The Morgan fingerprint density at radius 1 is 1.26 bits per heavy atom. The molecule has 2 aliphatic heterocycles. The average molecular weight is 574 g/mol. The van der Waals surface area contributed by atoms with E-state index in [9.17, 15) is 14.8 Å². The van der Waals surface area contributed by atoms with Crippen molar-refractivity contribution in [2.24, 2.45) is 4.99 Å². The minimum Gasteiger partial charge on any atom is -0.494 e. The summed E-state index contributed by atoms with van der Waals surface area (Å²) in [5.74, 6) is 0.611. The predicted molar refractivity (Wildman–Crippen MR) is 165 cm³/mol. The van der Waals surface area contributed by atoms with Gasteiger partial charge in [0.25, 0.3) is 11.8 Å². The van der Waals surface area contributed by atoms with Crippen LogP contribution in [-0.2, 0) is 4.79 Å². The van der Waals surface area contributed by atoms with Gasteiger partial charge in [0, 0.05) is 37.1 Å². The van der Waals surface area contributed by atoms with E-state index in [2.05, 4.69) is 16.9 Å². The molecule has 42 heavy (non-hydrogen) atoms. The van der Waals surface area contributed by atoms with E-state index < -0.39 is 5.54 Å². The Labute approximate surface area is 247 Å². The molecule has 0 radical (unpaired) electrons. The highest BCUT2D eigenvalue weighted by Crippen LogP contribution is 2.40. The third-order valence-electron chi connectivity index (χ3n) is 7.46. The van der Waals surface area contributed by atoms with Crippen LogP contribution in [0, 0.1) is 0 Å². The Kier molecular flexibility index (Phi) is 9.82. The Morgan fingerprint density at radius 3 is 2.69 bits per heavy atom. The molecule has 1 atom stereocenters. The summed E-state index contributed by atoms with van der Waals surface area (Å²) in [7, 11) is 3.28. The molecule has 2 aromatic carbocycles. The number of hydrogen-bond donors (Lipinski definition) is 2. The van der Waals surface area contributed by atoms with Crippen molar-refractivity contribution in [1.29, 1.82) is 0 Å². The quantitative estimate of drug-likeness (QED) is 0.161. The van der Waals surface area contributed by atoms with Gasteiger partial charge < -0.3 is 24.6 Å². The first-order valence-electron chi connectivity index (χ1n) is 14.0. The number of fused-ring (bicyclic) bond motifs is 2. The fourth-order valence-corrected chi connectivity index (χ4v) is 5.20. The third-order valence-corrected chi connectivity index (χ3v) is 7.46. The molecule has 10 heteroatoms. The molecule has 222 valence electrons. The molecule has 10 nitrogen and oxygen atoms in total. The van der Waals surface area contributed by atoms with Crippen LogP contribution >= 0.6 is 0 Å². The van der Waals surface area contributed by atoms with Crippen molar-refractivity contribution in [3.63, 3.8) is 0 Å². The van der Waals surface area contributed by atoms with Gasteiger partial charge in [0.1, 0.15) is 17.2 Å². The Morgan fingerprint density at radius 2 is 2.02 bits per heavy atom. The summed E-state index contributed by atoms with van der Waals surface area (Å²) in [4.78, 5) is 34.7. The summed E-state index contributed by atoms with van der Waals surface area (Å²) in [5.41, 5.74) is 2.12. The standard InChI is InChI=1S/C32H39N5O5/c1-6-8-9-11-23(20-33-4)30(38)35(7-2)24-12-14-25(15-13-24)42-22-37(40)28-19-27-26(18-29(28)41-5)31(39)36-17-10-16-32(36,3)21-34-27/h6,8-9,11-15,18-19,21,33,40H,1,7,10,16-17,20,22H2,2-5H3/b9-8-,23-11+. The van der Waals surface area contributed by atoms with E-state index in [1.165, 1.54) is 7.11 Å². The van der Waals surface area contributed by atoms with Crippen molar-refractivity contribution < 1.29 is 24.3 Å². The van der Waals surface area contributed by atoms with Crippen LogP contribution in [0.4, 0.5) is 17.1 Å². The van der Waals surface area contributed by atoms with Gasteiger partial charge in [-0.05, 0) is 70.1 Å². The lowest BCUT2D eigenvalue weighted by Crippen LogP contribution is -2.45. The smallest absolute Gasteiger partial charge is 0.256 e.